The lowest BCUT2D eigenvalue weighted by molar-refractivity contribution is 0.0697. The lowest BCUT2D eigenvalue weighted by Crippen LogP contribution is -2.63. The summed E-state index contributed by atoms with van der Waals surface area (Å²) in [5.41, 5.74) is 4.77. The maximum absolute atomic E-state index is 11.1. The summed E-state index contributed by atoms with van der Waals surface area (Å²) in [5.74, 6) is -0.896. The van der Waals surface area contributed by atoms with Gasteiger partial charge >= 0.3 is 5.97 Å². The minimum atomic E-state index is -1.41. The Hall–Kier alpha value is -1.92. The largest absolute Gasteiger partial charge is 0.478 e. The molecule has 0 saturated heterocycles. The molecule has 0 atom stereocenters. The van der Waals surface area contributed by atoms with Crippen molar-refractivity contribution in [3.8, 4) is 0 Å². The standard InChI is InChI=1S/C22H28O2Si2/c1-15-13-20-21(26(5,6)12-11-25(20,3)4)14-19(15)16(2)17-7-9-18(10-8-17)22(23)24/h7-10,13-14H,2,11-12H2,1,3-6H3,(H,23,24). The van der Waals surface area contributed by atoms with Gasteiger partial charge in [0.05, 0.1) is 21.7 Å². The van der Waals surface area contributed by atoms with E-state index in [1.54, 1.807) is 22.5 Å². The van der Waals surface area contributed by atoms with Crippen LogP contribution in [0.1, 0.15) is 27.0 Å². The van der Waals surface area contributed by atoms with Crippen LogP contribution in [0.2, 0.25) is 38.3 Å². The van der Waals surface area contributed by atoms with Gasteiger partial charge in [0.25, 0.3) is 0 Å². The Bertz CT molecular complexity index is 893. The van der Waals surface area contributed by atoms with Crippen LogP contribution in [0.25, 0.3) is 5.57 Å². The van der Waals surface area contributed by atoms with E-state index in [0.29, 0.717) is 5.56 Å². The molecule has 136 valence electrons. The van der Waals surface area contributed by atoms with E-state index in [2.05, 4.69) is 51.8 Å². The number of carbonyl (C=O) groups is 1. The second-order valence-electron chi connectivity index (χ2n) is 8.84. The second kappa shape index (κ2) is 6.36. The molecule has 0 aromatic heterocycles. The van der Waals surface area contributed by atoms with Crippen molar-refractivity contribution in [1.82, 2.24) is 0 Å². The van der Waals surface area contributed by atoms with E-state index in [1.165, 1.54) is 23.2 Å². The van der Waals surface area contributed by atoms with Crippen LogP contribution in [0.15, 0.2) is 43.0 Å². The van der Waals surface area contributed by atoms with Gasteiger partial charge in [-0.1, -0.05) is 79.5 Å². The van der Waals surface area contributed by atoms with E-state index in [0.717, 1.165) is 11.1 Å². The van der Waals surface area contributed by atoms with Gasteiger partial charge < -0.3 is 5.11 Å². The average molecular weight is 381 g/mol. The van der Waals surface area contributed by atoms with Crippen LogP contribution in [0.4, 0.5) is 0 Å². The summed E-state index contributed by atoms with van der Waals surface area (Å²) in [4.78, 5) is 11.1. The molecule has 0 saturated carbocycles. The van der Waals surface area contributed by atoms with E-state index in [4.69, 9.17) is 5.11 Å². The Labute approximate surface area is 158 Å². The smallest absolute Gasteiger partial charge is 0.335 e. The topological polar surface area (TPSA) is 37.3 Å². The summed E-state index contributed by atoms with van der Waals surface area (Å²) >= 11 is 0. The Morgan fingerprint density at radius 3 is 1.88 bits per heavy atom. The molecule has 3 rings (SSSR count). The molecular weight excluding hydrogens is 352 g/mol. The third-order valence-electron chi connectivity index (χ3n) is 6.00. The summed E-state index contributed by atoms with van der Waals surface area (Å²) in [6.07, 6.45) is 0. The summed E-state index contributed by atoms with van der Waals surface area (Å²) in [6, 6.07) is 14.7. The molecule has 1 aliphatic rings. The zero-order valence-electron chi connectivity index (χ0n) is 16.4. The molecule has 2 aromatic carbocycles. The zero-order valence-corrected chi connectivity index (χ0v) is 18.4. The third-order valence-corrected chi connectivity index (χ3v) is 13.5. The molecule has 0 unspecified atom stereocenters. The van der Waals surface area contributed by atoms with Crippen molar-refractivity contribution in [2.75, 3.05) is 0 Å². The fourth-order valence-electron chi connectivity index (χ4n) is 4.02. The molecule has 0 amide bonds. The fourth-order valence-corrected chi connectivity index (χ4v) is 14.3. The SMILES string of the molecule is C=C(c1ccc(C(=O)O)cc1)c1cc2c(cc1C)[Si](C)(C)CC[Si]2(C)C. The highest BCUT2D eigenvalue weighted by Crippen LogP contribution is 2.30. The van der Waals surface area contributed by atoms with E-state index >= 15 is 0 Å². The Balaban J connectivity index is 2.09. The van der Waals surface area contributed by atoms with Gasteiger partial charge in [0.2, 0.25) is 0 Å². The molecule has 1 heterocycles. The number of carboxylic acids is 1. The summed E-state index contributed by atoms with van der Waals surface area (Å²) in [5, 5.41) is 12.4. The van der Waals surface area contributed by atoms with Crippen LogP contribution in [0, 0.1) is 6.92 Å². The molecule has 0 bridgehead atoms. The van der Waals surface area contributed by atoms with Crippen molar-refractivity contribution in [3.63, 3.8) is 0 Å². The second-order valence-corrected chi connectivity index (χ2v) is 18.5. The van der Waals surface area contributed by atoms with E-state index in [9.17, 15) is 4.79 Å². The molecule has 26 heavy (non-hydrogen) atoms. The van der Waals surface area contributed by atoms with Gasteiger partial charge in [-0.2, -0.15) is 0 Å². The number of carboxylic acid groups (broad SMARTS) is 1. The monoisotopic (exact) mass is 380 g/mol. The predicted molar refractivity (Wildman–Crippen MR) is 117 cm³/mol. The normalized spacial score (nSPS) is 17.4. The molecule has 0 spiro atoms. The van der Waals surface area contributed by atoms with Gasteiger partial charge in [-0.05, 0) is 41.3 Å². The molecule has 0 radical (unpaired) electrons. The lowest BCUT2D eigenvalue weighted by Gasteiger charge is -2.40. The first-order valence-corrected chi connectivity index (χ1v) is 15.6. The van der Waals surface area contributed by atoms with Gasteiger partial charge in [-0.25, -0.2) is 4.79 Å². The molecule has 0 aliphatic carbocycles. The van der Waals surface area contributed by atoms with Crippen molar-refractivity contribution in [2.45, 2.75) is 45.2 Å². The minimum absolute atomic E-state index is 0.310. The number of benzene rings is 2. The Morgan fingerprint density at radius 1 is 0.923 bits per heavy atom. The number of rotatable bonds is 3. The highest BCUT2D eigenvalue weighted by molar-refractivity contribution is 7.03. The minimum Gasteiger partial charge on any atom is -0.478 e. The molecule has 1 N–H and O–H groups in total. The van der Waals surface area contributed by atoms with Gasteiger partial charge in [0, 0.05) is 0 Å². The maximum Gasteiger partial charge on any atom is 0.335 e. The first-order chi connectivity index (χ1) is 12.0. The van der Waals surface area contributed by atoms with Gasteiger partial charge in [-0.15, -0.1) is 0 Å². The number of fused-ring (bicyclic) bond motifs is 1. The van der Waals surface area contributed by atoms with Crippen LogP contribution in [-0.2, 0) is 0 Å². The molecule has 1 aliphatic heterocycles. The first kappa shape index (κ1) is 18.9. The van der Waals surface area contributed by atoms with Crippen LogP contribution < -0.4 is 10.4 Å². The third kappa shape index (κ3) is 3.24. The highest BCUT2D eigenvalue weighted by atomic mass is 28.3. The molecular formula is C22H28O2Si2. The van der Waals surface area contributed by atoms with Gasteiger partial charge in [-0.3, -0.25) is 0 Å². The zero-order chi connectivity index (χ0) is 19.3. The lowest BCUT2D eigenvalue weighted by atomic mass is 9.95. The van der Waals surface area contributed by atoms with Crippen molar-refractivity contribution >= 4 is 38.1 Å². The number of aromatic carboxylic acids is 1. The van der Waals surface area contributed by atoms with E-state index in [-0.39, 0.29) is 0 Å². The average Bonchev–Trinajstić information content (AvgIpc) is 2.58. The summed E-state index contributed by atoms with van der Waals surface area (Å²) < 4.78 is 0. The molecule has 4 heteroatoms. The van der Waals surface area contributed by atoms with Crippen LogP contribution in [-0.4, -0.2) is 27.2 Å². The highest BCUT2D eigenvalue weighted by Gasteiger charge is 2.39. The predicted octanol–water partition coefficient (Wildman–Crippen LogP) is 4.60. The van der Waals surface area contributed by atoms with Crippen LogP contribution >= 0.6 is 0 Å². The molecule has 0 fully saturated rings. The van der Waals surface area contributed by atoms with Crippen molar-refractivity contribution in [3.05, 3.63) is 65.2 Å². The summed E-state index contributed by atoms with van der Waals surface area (Å²) in [7, 11) is -2.76. The number of aryl methyl sites for hydroxylation is 1. The van der Waals surface area contributed by atoms with Crippen molar-refractivity contribution < 1.29 is 9.90 Å². The van der Waals surface area contributed by atoms with Gasteiger partial charge in [0.1, 0.15) is 0 Å². The maximum atomic E-state index is 11.1. The van der Waals surface area contributed by atoms with Crippen LogP contribution in [0.3, 0.4) is 0 Å². The van der Waals surface area contributed by atoms with Crippen LogP contribution in [0.5, 0.6) is 0 Å². The Kier molecular flexibility index (Phi) is 4.61. The first-order valence-electron chi connectivity index (χ1n) is 9.21. The molecule has 2 nitrogen and oxygen atoms in total. The van der Waals surface area contributed by atoms with E-state index in [1.807, 2.05) is 12.1 Å². The van der Waals surface area contributed by atoms with E-state index < -0.39 is 22.1 Å². The fraction of sp³-hybridized carbons (Fsp3) is 0.318. The van der Waals surface area contributed by atoms with Gasteiger partial charge in [0.15, 0.2) is 0 Å². The number of hydrogen-bond donors (Lipinski definition) is 1. The molecule has 2 aromatic rings. The number of hydrogen-bond acceptors (Lipinski definition) is 1. The quantitative estimate of drug-likeness (QED) is 0.790. The van der Waals surface area contributed by atoms with Crippen molar-refractivity contribution in [1.29, 1.82) is 0 Å². The van der Waals surface area contributed by atoms with Crippen molar-refractivity contribution in [2.24, 2.45) is 0 Å². The summed E-state index contributed by atoms with van der Waals surface area (Å²) in [6.45, 7) is 16.5. The Morgan fingerprint density at radius 2 is 1.38 bits per heavy atom.